The highest BCUT2D eigenvalue weighted by Crippen LogP contribution is 2.46. The molecule has 1 unspecified atom stereocenters. The van der Waals surface area contributed by atoms with Crippen molar-refractivity contribution in [3.8, 4) is 5.75 Å². The first-order valence-electron chi connectivity index (χ1n) is 10.7. The van der Waals surface area contributed by atoms with E-state index in [9.17, 15) is 9.59 Å². The molecule has 1 saturated heterocycles. The number of benzene rings is 1. The third-order valence-corrected chi connectivity index (χ3v) is 5.99. The second-order valence-electron chi connectivity index (χ2n) is 9.32. The minimum atomic E-state index is -0.651. The van der Waals surface area contributed by atoms with Crippen LogP contribution in [0.2, 0.25) is 0 Å². The van der Waals surface area contributed by atoms with E-state index in [0.717, 1.165) is 18.7 Å². The van der Waals surface area contributed by atoms with Crippen LogP contribution >= 0.6 is 11.6 Å². The van der Waals surface area contributed by atoms with E-state index in [2.05, 4.69) is 9.88 Å². The number of hydrogen-bond acceptors (Lipinski definition) is 7. The lowest BCUT2D eigenvalue weighted by Gasteiger charge is -2.31. The van der Waals surface area contributed by atoms with Crippen LogP contribution < -0.4 is 9.64 Å². The Morgan fingerprint density at radius 2 is 1.91 bits per heavy atom. The van der Waals surface area contributed by atoms with E-state index in [1.54, 1.807) is 17.9 Å². The number of nitrogens with zero attached hydrogens (tertiary/aromatic N) is 4. The number of oxazole rings is 1. The third kappa shape index (κ3) is 4.36. The second kappa shape index (κ2) is 8.44. The normalized spacial score (nSPS) is 19.4. The number of carbonyl (C=O) groups excluding carboxylic acids is 2. The summed E-state index contributed by atoms with van der Waals surface area (Å²) in [6.45, 7) is 10.2. The molecule has 9 nitrogen and oxygen atoms in total. The zero-order chi connectivity index (χ0) is 23.2. The van der Waals surface area contributed by atoms with Crippen molar-refractivity contribution in [2.45, 2.75) is 39.2 Å². The number of alkyl halides is 1. The molecular formula is C22H29ClN4O5. The van der Waals surface area contributed by atoms with Gasteiger partial charge in [-0.2, -0.15) is 0 Å². The van der Waals surface area contributed by atoms with Gasteiger partial charge < -0.3 is 23.7 Å². The predicted octanol–water partition coefficient (Wildman–Crippen LogP) is 3.96. The van der Waals surface area contributed by atoms with Gasteiger partial charge in [0.25, 0.3) is 0 Å². The van der Waals surface area contributed by atoms with E-state index in [1.165, 1.54) is 4.90 Å². The Kier molecular flexibility index (Phi) is 5.98. The molecule has 0 aliphatic carbocycles. The maximum atomic E-state index is 12.9. The van der Waals surface area contributed by atoms with Crippen molar-refractivity contribution < 1.29 is 23.5 Å². The SMILES string of the molecule is Cc1nc2c3c(cc(OC(=O)N4CCN(C)CC4)c2o1)N(C(=O)OC(C)(C)C)CC3CCl. The molecular weight excluding hydrogens is 436 g/mol. The number of carbonyl (C=O) groups is 2. The number of likely N-dealkylation sites (N-methyl/N-ethyl adjacent to an activating group) is 1. The Bertz CT molecular complexity index is 1040. The van der Waals surface area contributed by atoms with Crippen molar-refractivity contribution in [1.29, 1.82) is 0 Å². The van der Waals surface area contributed by atoms with Crippen LogP contribution in [0.4, 0.5) is 15.3 Å². The summed E-state index contributed by atoms with van der Waals surface area (Å²) in [4.78, 5) is 35.7. The fourth-order valence-corrected chi connectivity index (χ4v) is 4.29. The number of halogens is 1. The molecule has 10 heteroatoms. The van der Waals surface area contributed by atoms with Crippen LogP contribution in [0.5, 0.6) is 5.75 Å². The molecule has 1 atom stereocenters. The summed E-state index contributed by atoms with van der Waals surface area (Å²) in [7, 11) is 2.02. The maximum Gasteiger partial charge on any atom is 0.415 e. The largest absolute Gasteiger partial charge is 0.443 e. The van der Waals surface area contributed by atoms with Crippen molar-refractivity contribution in [3.05, 3.63) is 17.5 Å². The van der Waals surface area contributed by atoms with E-state index < -0.39 is 17.8 Å². The van der Waals surface area contributed by atoms with Crippen LogP contribution in [0.25, 0.3) is 11.1 Å². The molecule has 1 aromatic carbocycles. The summed E-state index contributed by atoms with van der Waals surface area (Å²) in [6, 6.07) is 1.66. The van der Waals surface area contributed by atoms with Crippen LogP contribution in [0, 0.1) is 6.92 Å². The molecule has 2 aliphatic rings. The second-order valence-corrected chi connectivity index (χ2v) is 9.63. The molecule has 1 fully saturated rings. The number of fused-ring (bicyclic) bond motifs is 3. The van der Waals surface area contributed by atoms with Crippen molar-refractivity contribution in [2.24, 2.45) is 0 Å². The maximum absolute atomic E-state index is 12.9. The Hall–Kier alpha value is -2.52. The number of aromatic nitrogens is 1. The fraction of sp³-hybridized carbons (Fsp3) is 0.591. The molecule has 174 valence electrons. The quantitative estimate of drug-likeness (QED) is 0.621. The monoisotopic (exact) mass is 464 g/mol. The molecule has 4 rings (SSSR count). The van der Waals surface area contributed by atoms with Gasteiger partial charge in [-0.15, -0.1) is 11.6 Å². The number of anilines is 1. The number of amides is 2. The van der Waals surface area contributed by atoms with E-state index in [0.29, 0.717) is 48.2 Å². The minimum absolute atomic E-state index is 0.145. The lowest BCUT2D eigenvalue weighted by molar-refractivity contribution is 0.0582. The summed E-state index contributed by atoms with van der Waals surface area (Å²) in [6.07, 6.45) is -0.939. The predicted molar refractivity (Wildman–Crippen MR) is 121 cm³/mol. The molecule has 2 aromatic rings. The summed E-state index contributed by atoms with van der Waals surface area (Å²) in [5.41, 5.74) is 1.66. The zero-order valence-electron chi connectivity index (χ0n) is 19.1. The van der Waals surface area contributed by atoms with Crippen molar-refractivity contribution in [3.63, 3.8) is 0 Å². The number of piperazine rings is 1. The number of ether oxygens (including phenoxy) is 2. The molecule has 0 saturated carbocycles. The molecule has 32 heavy (non-hydrogen) atoms. The van der Waals surface area contributed by atoms with E-state index in [1.807, 2.05) is 27.8 Å². The molecule has 2 aliphatic heterocycles. The van der Waals surface area contributed by atoms with Crippen molar-refractivity contribution >= 4 is 40.6 Å². The standard InChI is InChI=1S/C22H29ClN4O5/c1-13-24-18-17-14(11-23)12-27(21(29)32-22(2,3)4)15(17)10-16(19(18)30-13)31-20(28)26-8-6-25(5)7-9-26/h10,14H,6-9,11-12H2,1-5H3. The van der Waals surface area contributed by atoms with Gasteiger partial charge in [-0.1, -0.05) is 0 Å². The topological polar surface area (TPSA) is 88.4 Å². The average molecular weight is 465 g/mol. The third-order valence-electron chi connectivity index (χ3n) is 5.62. The Morgan fingerprint density at radius 3 is 2.53 bits per heavy atom. The molecule has 2 amide bonds. The molecule has 0 N–H and O–H groups in total. The Balaban J connectivity index is 1.73. The van der Waals surface area contributed by atoms with Gasteiger partial charge in [-0.25, -0.2) is 14.6 Å². The number of hydrogen-bond donors (Lipinski definition) is 0. The highest BCUT2D eigenvalue weighted by atomic mass is 35.5. The van der Waals surface area contributed by atoms with E-state index in [-0.39, 0.29) is 11.7 Å². The molecule has 0 radical (unpaired) electrons. The van der Waals surface area contributed by atoms with Crippen LogP contribution in [0.3, 0.4) is 0 Å². The van der Waals surface area contributed by atoms with Crippen molar-refractivity contribution in [1.82, 2.24) is 14.8 Å². The van der Waals surface area contributed by atoms with Gasteiger partial charge in [0.1, 0.15) is 11.1 Å². The summed E-state index contributed by atoms with van der Waals surface area (Å²) < 4.78 is 17.2. The molecule has 3 heterocycles. The highest BCUT2D eigenvalue weighted by Gasteiger charge is 2.38. The van der Waals surface area contributed by atoms with Gasteiger partial charge in [-0.3, -0.25) is 4.90 Å². The smallest absolute Gasteiger partial charge is 0.415 e. The Labute approximate surface area is 192 Å². The summed E-state index contributed by atoms with van der Waals surface area (Å²) >= 11 is 6.25. The summed E-state index contributed by atoms with van der Waals surface area (Å²) in [5.74, 6) is 0.822. The van der Waals surface area contributed by atoms with E-state index in [4.69, 9.17) is 25.5 Å². The lowest BCUT2D eigenvalue weighted by Crippen LogP contribution is -2.48. The lowest BCUT2D eigenvalue weighted by atomic mass is 10.0. The highest BCUT2D eigenvalue weighted by molar-refractivity contribution is 6.19. The fourth-order valence-electron chi connectivity index (χ4n) is 4.04. The van der Waals surface area contributed by atoms with Gasteiger partial charge >= 0.3 is 12.2 Å². The van der Waals surface area contributed by atoms with Crippen LogP contribution in [0.1, 0.15) is 38.1 Å². The van der Waals surface area contributed by atoms with Crippen LogP contribution in [0.15, 0.2) is 10.5 Å². The minimum Gasteiger partial charge on any atom is -0.443 e. The average Bonchev–Trinajstić information content (AvgIpc) is 3.27. The number of rotatable bonds is 2. The van der Waals surface area contributed by atoms with Gasteiger partial charge in [0.2, 0.25) is 0 Å². The van der Waals surface area contributed by atoms with Crippen LogP contribution in [-0.2, 0) is 4.74 Å². The van der Waals surface area contributed by atoms with Crippen LogP contribution in [-0.4, -0.2) is 78.2 Å². The molecule has 1 aromatic heterocycles. The summed E-state index contributed by atoms with van der Waals surface area (Å²) in [5, 5.41) is 0. The first-order chi connectivity index (χ1) is 15.1. The molecule has 0 spiro atoms. The van der Waals surface area contributed by atoms with Gasteiger partial charge in [-0.05, 0) is 27.8 Å². The Morgan fingerprint density at radius 1 is 1.22 bits per heavy atom. The number of aryl methyl sites for hydroxylation is 1. The van der Waals surface area contributed by atoms with Gasteiger partial charge in [0.05, 0.1) is 5.69 Å². The molecule has 0 bridgehead atoms. The van der Waals surface area contributed by atoms with Crippen molar-refractivity contribution in [2.75, 3.05) is 50.6 Å². The first-order valence-corrected chi connectivity index (χ1v) is 11.3. The van der Waals surface area contributed by atoms with E-state index >= 15 is 0 Å². The zero-order valence-corrected chi connectivity index (χ0v) is 19.9. The van der Waals surface area contributed by atoms with Gasteiger partial charge in [0, 0.05) is 63.1 Å². The first kappa shape index (κ1) is 22.7. The van der Waals surface area contributed by atoms with Gasteiger partial charge in [0.15, 0.2) is 17.2 Å².